The lowest BCUT2D eigenvalue weighted by Gasteiger charge is -2.27. The van der Waals surface area contributed by atoms with Crippen LogP contribution < -0.4 is 15.4 Å². The Kier molecular flexibility index (Phi) is 5.38. The van der Waals surface area contributed by atoms with Crippen LogP contribution >= 0.6 is 0 Å². The van der Waals surface area contributed by atoms with Crippen LogP contribution in [0.5, 0.6) is 5.75 Å². The number of ether oxygens (including phenoxy) is 1. The topological polar surface area (TPSA) is 53.6 Å². The highest BCUT2D eigenvalue weighted by atomic mass is 16.5. The molecule has 0 aliphatic carbocycles. The highest BCUT2D eigenvalue weighted by Crippen LogP contribution is 2.24. The standard InChI is InChI=1S/C15H23N3O2/c1-12(13-5-3-4-6-14(13)20-2)17-15(19)11-18-9-7-16-8-10-18/h3-6,12,16H,7-11H2,1-2H3,(H,17,19). The predicted octanol–water partition coefficient (Wildman–Crippen LogP) is 0.778. The molecule has 2 rings (SSSR count). The van der Waals surface area contributed by atoms with Gasteiger partial charge < -0.3 is 15.4 Å². The fraction of sp³-hybridized carbons (Fsp3) is 0.533. The van der Waals surface area contributed by atoms with Gasteiger partial charge in [0.25, 0.3) is 0 Å². The van der Waals surface area contributed by atoms with Gasteiger partial charge in [-0.3, -0.25) is 9.69 Å². The molecule has 0 spiro atoms. The van der Waals surface area contributed by atoms with E-state index in [1.165, 1.54) is 0 Å². The molecule has 0 saturated carbocycles. The van der Waals surface area contributed by atoms with Crippen LogP contribution in [-0.4, -0.2) is 50.6 Å². The third kappa shape index (κ3) is 3.95. The first-order valence-corrected chi connectivity index (χ1v) is 7.06. The maximum absolute atomic E-state index is 12.1. The molecule has 1 unspecified atom stereocenters. The van der Waals surface area contributed by atoms with Crippen molar-refractivity contribution in [2.75, 3.05) is 39.8 Å². The number of rotatable bonds is 5. The van der Waals surface area contributed by atoms with E-state index in [4.69, 9.17) is 4.74 Å². The number of amides is 1. The smallest absolute Gasteiger partial charge is 0.234 e. The van der Waals surface area contributed by atoms with Crippen LogP contribution in [0.1, 0.15) is 18.5 Å². The molecule has 1 atom stereocenters. The van der Waals surface area contributed by atoms with Gasteiger partial charge in [0.2, 0.25) is 5.91 Å². The minimum Gasteiger partial charge on any atom is -0.496 e. The van der Waals surface area contributed by atoms with Crippen molar-refractivity contribution < 1.29 is 9.53 Å². The Labute approximate surface area is 120 Å². The summed E-state index contributed by atoms with van der Waals surface area (Å²) >= 11 is 0. The minimum absolute atomic E-state index is 0.0541. The predicted molar refractivity (Wildman–Crippen MR) is 78.9 cm³/mol. The van der Waals surface area contributed by atoms with E-state index in [1.54, 1.807) is 7.11 Å². The summed E-state index contributed by atoms with van der Waals surface area (Å²) in [6, 6.07) is 7.72. The Bertz CT molecular complexity index is 444. The molecule has 1 aliphatic heterocycles. The van der Waals surface area contributed by atoms with Crippen LogP contribution in [-0.2, 0) is 4.79 Å². The number of hydrogen-bond acceptors (Lipinski definition) is 4. The molecular weight excluding hydrogens is 254 g/mol. The normalized spacial score (nSPS) is 17.5. The van der Waals surface area contributed by atoms with E-state index in [1.807, 2.05) is 31.2 Å². The van der Waals surface area contributed by atoms with Crippen molar-refractivity contribution in [3.8, 4) is 5.75 Å². The molecular formula is C15H23N3O2. The van der Waals surface area contributed by atoms with Gasteiger partial charge in [-0.2, -0.15) is 0 Å². The van der Waals surface area contributed by atoms with Crippen molar-refractivity contribution in [3.05, 3.63) is 29.8 Å². The fourth-order valence-electron chi connectivity index (χ4n) is 2.46. The third-order valence-corrected chi connectivity index (χ3v) is 3.56. The number of nitrogens with zero attached hydrogens (tertiary/aromatic N) is 1. The lowest BCUT2D eigenvalue weighted by molar-refractivity contribution is -0.123. The number of nitrogens with one attached hydrogen (secondary N) is 2. The quantitative estimate of drug-likeness (QED) is 0.835. The highest BCUT2D eigenvalue weighted by molar-refractivity contribution is 5.78. The molecule has 0 aromatic heterocycles. The number of para-hydroxylation sites is 1. The Morgan fingerprint density at radius 1 is 1.40 bits per heavy atom. The molecule has 110 valence electrons. The Hall–Kier alpha value is -1.59. The van der Waals surface area contributed by atoms with Crippen molar-refractivity contribution in [3.63, 3.8) is 0 Å². The van der Waals surface area contributed by atoms with E-state index < -0.39 is 0 Å². The van der Waals surface area contributed by atoms with Gasteiger partial charge in [-0.1, -0.05) is 18.2 Å². The molecule has 0 radical (unpaired) electrons. The largest absolute Gasteiger partial charge is 0.496 e. The van der Waals surface area contributed by atoms with Crippen LogP contribution in [0.3, 0.4) is 0 Å². The molecule has 5 nitrogen and oxygen atoms in total. The first kappa shape index (κ1) is 14.8. The summed E-state index contributed by atoms with van der Waals surface area (Å²) in [5.41, 5.74) is 1.00. The Morgan fingerprint density at radius 3 is 2.80 bits per heavy atom. The summed E-state index contributed by atoms with van der Waals surface area (Å²) in [6.45, 7) is 6.20. The summed E-state index contributed by atoms with van der Waals surface area (Å²) in [6.07, 6.45) is 0. The zero-order valence-electron chi connectivity index (χ0n) is 12.2. The van der Waals surface area contributed by atoms with E-state index >= 15 is 0 Å². The van der Waals surface area contributed by atoms with Crippen molar-refractivity contribution in [1.82, 2.24) is 15.5 Å². The molecule has 1 aliphatic rings. The average Bonchev–Trinajstić information content (AvgIpc) is 2.48. The van der Waals surface area contributed by atoms with Crippen LogP contribution in [0, 0.1) is 0 Å². The summed E-state index contributed by atoms with van der Waals surface area (Å²) in [5.74, 6) is 0.868. The van der Waals surface area contributed by atoms with E-state index in [-0.39, 0.29) is 11.9 Å². The Balaban J connectivity index is 1.89. The zero-order valence-corrected chi connectivity index (χ0v) is 12.2. The molecule has 1 saturated heterocycles. The van der Waals surface area contributed by atoms with Gasteiger partial charge in [-0.15, -0.1) is 0 Å². The van der Waals surface area contributed by atoms with Crippen molar-refractivity contribution >= 4 is 5.91 Å². The molecule has 1 amide bonds. The molecule has 1 fully saturated rings. The van der Waals surface area contributed by atoms with Crippen molar-refractivity contribution in [1.29, 1.82) is 0 Å². The molecule has 1 heterocycles. The van der Waals surface area contributed by atoms with Gasteiger partial charge >= 0.3 is 0 Å². The lowest BCUT2D eigenvalue weighted by atomic mass is 10.1. The van der Waals surface area contributed by atoms with Gasteiger partial charge in [0.15, 0.2) is 0 Å². The fourth-order valence-corrected chi connectivity index (χ4v) is 2.46. The molecule has 20 heavy (non-hydrogen) atoms. The second-order valence-electron chi connectivity index (χ2n) is 5.06. The van der Waals surface area contributed by atoms with E-state index in [2.05, 4.69) is 15.5 Å². The van der Waals surface area contributed by atoms with Gasteiger partial charge in [0, 0.05) is 31.7 Å². The summed E-state index contributed by atoms with van der Waals surface area (Å²) in [5, 5.41) is 6.32. The van der Waals surface area contributed by atoms with Crippen LogP contribution in [0.25, 0.3) is 0 Å². The molecule has 1 aromatic carbocycles. The molecule has 5 heteroatoms. The lowest BCUT2D eigenvalue weighted by Crippen LogP contribution is -2.47. The molecule has 2 N–H and O–H groups in total. The first-order valence-electron chi connectivity index (χ1n) is 7.06. The van der Waals surface area contributed by atoms with Gasteiger partial charge in [-0.25, -0.2) is 0 Å². The van der Waals surface area contributed by atoms with Gasteiger partial charge in [0.05, 0.1) is 19.7 Å². The SMILES string of the molecule is COc1ccccc1C(C)NC(=O)CN1CCNCC1. The molecule has 0 bridgehead atoms. The van der Waals surface area contributed by atoms with Gasteiger partial charge in [-0.05, 0) is 13.0 Å². The summed E-state index contributed by atoms with van der Waals surface area (Å²) in [7, 11) is 1.65. The summed E-state index contributed by atoms with van der Waals surface area (Å²) < 4.78 is 5.33. The maximum Gasteiger partial charge on any atom is 0.234 e. The van der Waals surface area contributed by atoms with Crippen molar-refractivity contribution in [2.45, 2.75) is 13.0 Å². The first-order chi connectivity index (χ1) is 9.70. The third-order valence-electron chi connectivity index (χ3n) is 3.56. The minimum atomic E-state index is -0.0541. The van der Waals surface area contributed by atoms with Gasteiger partial charge in [0.1, 0.15) is 5.75 Å². The highest BCUT2D eigenvalue weighted by Gasteiger charge is 2.17. The Morgan fingerprint density at radius 2 is 2.10 bits per heavy atom. The maximum atomic E-state index is 12.1. The van der Waals surface area contributed by atoms with Crippen molar-refractivity contribution in [2.24, 2.45) is 0 Å². The average molecular weight is 277 g/mol. The number of hydrogen-bond donors (Lipinski definition) is 2. The number of carbonyl (C=O) groups is 1. The summed E-state index contributed by atoms with van der Waals surface area (Å²) in [4.78, 5) is 14.2. The van der Waals surface area contributed by atoms with Crippen LogP contribution in [0.15, 0.2) is 24.3 Å². The number of benzene rings is 1. The van der Waals surface area contributed by atoms with E-state index in [9.17, 15) is 4.79 Å². The monoisotopic (exact) mass is 277 g/mol. The number of methoxy groups -OCH3 is 1. The van der Waals surface area contributed by atoms with E-state index in [0.29, 0.717) is 6.54 Å². The zero-order chi connectivity index (χ0) is 14.4. The van der Waals surface area contributed by atoms with Crippen LogP contribution in [0.4, 0.5) is 0 Å². The van der Waals surface area contributed by atoms with E-state index in [0.717, 1.165) is 37.5 Å². The second kappa shape index (κ2) is 7.26. The number of piperazine rings is 1. The second-order valence-corrected chi connectivity index (χ2v) is 5.06. The number of carbonyl (C=O) groups excluding carboxylic acids is 1. The van der Waals surface area contributed by atoms with Crippen LogP contribution in [0.2, 0.25) is 0 Å². The molecule has 1 aromatic rings.